The third-order valence-corrected chi connectivity index (χ3v) is 9.17. The Kier molecular flexibility index (Phi) is 4.72. The lowest BCUT2D eigenvalue weighted by atomic mass is 9.43. The van der Waals surface area contributed by atoms with Crippen LogP contribution in [0.25, 0.3) is 0 Å². The first-order chi connectivity index (χ1) is 13.6. The summed E-state index contributed by atoms with van der Waals surface area (Å²) in [7, 11) is 0. The van der Waals surface area contributed by atoms with Crippen LogP contribution in [-0.2, 0) is 9.59 Å². The van der Waals surface area contributed by atoms with Crippen LogP contribution in [0.5, 0.6) is 0 Å². The van der Waals surface area contributed by atoms with Gasteiger partial charge < -0.3 is 5.11 Å². The van der Waals surface area contributed by atoms with Crippen LogP contribution in [-0.4, -0.2) is 22.3 Å². The third kappa shape index (κ3) is 2.67. The van der Waals surface area contributed by atoms with Crippen molar-refractivity contribution in [2.24, 2.45) is 40.4 Å². The van der Waals surface area contributed by atoms with Crippen molar-refractivity contribution in [1.82, 2.24) is 0 Å². The molecule has 0 unspecified atom stereocenters. The van der Waals surface area contributed by atoms with E-state index in [1.165, 1.54) is 5.57 Å². The Morgan fingerprint density at radius 2 is 2.10 bits per heavy atom. The number of aliphatic hydroxyl groups is 1. The molecule has 156 valence electrons. The van der Waals surface area contributed by atoms with E-state index < -0.39 is 11.0 Å². The normalized spacial score (nSPS) is 48.1. The van der Waals surface area contributed by atoms with Gasteiger partial charge in [-0.1, -0.05) is 45.9 Å². The first-order valence-electron chi connectivity index (χ1n) is 11.1. The van der Waals surface area contributed by atoms with Crippen LogP contribution in [0.4, 0.5) is 0 Å². The molecule has 0 saturated heterocycles. The second-order valence-electron chi connectivity index (χ2n) is 10.6. The highest BCUT2D eigenvalue weighted by Gasteiger charge is 2.67. The number of hydrogen-bond donors (Lipinski definition) is 1. The van der Waals surface area contributed by atoms with Gasteiger partial charge in [-0.05, 0) is 73.5 Å². The fourth-order valence-corrected chi connectivity index (χ4v) is 8.11. The van der Waals surface area contributed by atoms with Crippen molar-refractivity contribution < 1.29 is 14.7 Å². The molecule has 1 N–H and O–H groups in total. The van der Waals surface area contributed by atoms with Gasteiger partial charge in [0.05, 0.1) is 0 Å². The van der Waals surface area contributed by atoms with Crippen molar-refractivity contribution in [2.75, 3.05) is 0 Å². The van der Waals surface area contributed by atoms with E-state index in [0.717, 1.165) is 19.3 Å². The van der Waals surface area contributed by atoms with Crippen molar-refractivity contribution in [2.45, 2.75) is 65.4 Å². The third-order valence-electron chi connectivity index (χ3n) is 9.17. The first-order valence-corrected chi connectivity index (χ1v) is 11.1. The van der Waals surface area contributed by atoms with E-state index in [2.05, 4.69) is 46.1 Å². The summed E-state index contributed by atoms with van der Waals surface area (Å²) in [5.41, 5.74) is 2.19. The summed E-state index contributed by atoms with van der Waals surface area (Å²) >= 11 is 0. The Labute approximate surface area is 174 Å². The highest BCUT2D eigenvalue weighted by molar-refractivity contribution is 6.01. The lowest BCUT2D eigenvalue weighted by Crippen LogP contribution is -2.60. The number of carbonyl (C=O) groups is 2. The zero-order chi connectivity index (χ0) is 21.2. The number of Topliss-reactive ketones (excluding diaryl/α,β-unsaturated/α-hetero) is 1. The maximum Gasteiger partial charge on any atom is 0.178 e. The maximum atomic E-state index is 13.0. The first kappa shape index (κ1) is 20.6. The lowest BCUT2D eigenvalue weighted by Gasteiger charge is -2.61. The Hall–Kier alpha value is -1.70. The fourth-order valence-electron chi connectivity index (χ4n) is 8.11. The molecule has 3 heteroatoms. The van der Waals surface area contributed by atoms with E-state index in [-0.39, 0.29) is 23.4 Å². The zero-order valence-electron chi connectivity index (χ0n) is 18.2. The Morgan fingerprint density at radius 1 is 1.38 bits per heavy atom. The summed E-state index contributed by atoms with van der Waals surface area (Å²) in [6, 6.07) is 0. The summed E-state index contributed by atoms with van der Waals surface area (Å²) in [6.45, 7) is 12.5. The summed E-state index contributed by atoms with van der Waals surface area (Å²) < 4.78 is 0. The second kappa shape index (κ2) is 6.65. The number of rotatable bonds is 3. The van der Waals surface area contributed by atoms with Crippen molar-refractivity contribution in [3.8, 4) is 0 Å². The molecule has 3 saturated carbocycles. The van der Waals surface area contributed by atoms with Crippen LogP contribution < -0.4 is 0 Å². The Bertz CT molecular complexity index is 859. The second-order valence-corrected chi connectivity index (χ2v) is 10.6. The van der Waals surface area contributed by atoms with E-state index in [1.54, 1.807) is 12.2 Å². The van der Waals surface area contributed by atoms with E-state index >= 15 is 0 Å². The van der Waals surface area contributed by atoms with Gasteiger partial charge in [0.25, 0.3) is 0 Å². The highest BCUT2D eigenvalue weighted by Crippen LogP contribution is 2.69. The minimum absolute atomic E-state index is 0.0805. The maximum absolute atomic E-state index is 13.0. The molecule has 0 radical (unpaired) electrons. The molecule has 0 bridgehead atoms. The van der Waals surface area contributed by atoms with Gasteiger partial charge in [0.15, 0.2) is 11.6 Å². The van der Waals surface area contributed by atoms with Crippen LogP contribution in [0.1, 0.15) is 59.8 Å². The highest BCUT2D eigenvalue weighted by atomic mass is 16.3. The van der Waals surface area contributed by atoms with Gasteiger partial charge in [0.1, 0.15) is 5.60 Å². The summed E-state index contributed by atoms with van der Waals surface area (Å²) in [5.74, 6) is 1.96. The van der Waals surface area contributed by atoms with Crippen molar-refractivity contribution in [3.05, 3.63) is 42.2 Å². The number of ketones is 2. The molecule has 0 aliphatic heterocycles. The minimum Gasteiger partial charge on any atom is -0.381 e. The lowest BCUT2D eigenvalue weighted by molar-refractivity contribution is -0.167. The number of fused-ring (bicyclic) bond motifs is 5. The molecule has 0 amide bonds. The standard InChI is InChI=1S/C26H34O3/c1-6-7-8-22(28)26(29)12-10-20-19-13-16(2)21-14-18(27)9-11-24(21,4)23(19)17(3)15-25(20,26)5/h7,9,11,14,16-17,19-20,23,29H,1,8,10,12-13,15H2,2-5H3/t16-,17-,19-,20-,23-,24-,25-,26-/m0/s1. The van der Waals surface area contributed by atoms with Gasteiger partial charge in [0, 0.05) is 17.3 Å². The molecule has 4 aliphatic rings. The molecule has 0 heterocycles. The van der Waals surface area contributed by atoms with Crippen LogP contribution in [0.15, 0.2) is 42.2 Å². The number of carbonyl (C=O) groups excluding carboxylic acids is 2. The quantitative estimate of drug-likeness (QED) is 0.699. The largest absolute Gasteiger partial charge is 0.381 e. The molecule has 3 fully saturated rings. The molecule has 4 aliphatic carbocycles. The molecule has 3 nitrogen and oxygen atoms in total. The van der Waals surface area contributed by atoms with Gasteiger partial charge in [-0.2, -0.15) is 0 Å². The van der Waals surface area contributed by atoms with Gasteiger partial charge in [-0.3, -0.25) is 9.59 Å². The number of allylic oxidation sites excluding steroid dienone is 5. The van der Waals surface area contributed by atoms with Gasteiger partial charge in [0.2, 0.25) is 0 Å². The van der Waals surface area contributed by atoms with E-state index in [0.29, 0.717) is 36.0 Å². The van der Waals surface area contributed by atoms with Gasteiger partial charge in [-0.25, -0.2) is 0 Å². The monoisotopic (exact) mass is 394 g/mol. The van der Waals surface area contributed by atoms with Crippen LogP contribution in [0, 0.1) is 40.4 Å². The average Bonchev–Trinajstić information content (AvgIpc) is 2.93. The topological polar surface area (TPSA) is 54.4 Å². The Morgan fingerprint density at radius 3 is 2.79 bits per heavy atom. The molecular weight excluding hydrogens is 360 g/mol. The predicted molar refractivity (Wildman–Crippen MR) is 114 cm³/mol. The average molecular weight is 395 g/mol. The van der Waals surface area contributed by atoms with E-state index in [9.17, 15) is 14.7 Å². The predicted octanol–water partition coefficient (Wildman–Crippen LogP) is 4.82. The fraction of sp³-hybridized carbons (Fsp3) is 0.654. The van der Waals surface area contributed by atoms with Gasteiger partial charge >= 0.3 is 0 Å². The zero-order valence-corrected chi connectivity index (χ0v) is 18.2. The minimum atomic E-state index is -1.26. The molecule has 0 aromatic heterocycles. The molecular formula is C26H34O3. The van der Waals surface area contributed by atoms with Crippen molar-refractivity contribution in [3.63, 3.8) is 0 Å². The molecule has 8 atom stereocenters. The molecule has 0 aromatic carbocycles. The summed E-state index contributed by atoms with van der Waals surface area (Å²) in [5, 5.41) is 11.7. The van der Waals surface area contributed by atoms with Crippen LogP contribution >= 0.6 is 0 Å². The summed E-state index contributed by atoms with van der Waals surface area (Å²) in [6.07, 6.45) is 10.9. The molecule has 4 rings (SSSR count). The van der Waals surface area contributed by atoms with Crippen LogP contribution in [0.3, 0.4) is 0 Å². The SMILES string of the molecule is C=C=CCC(=O)[C@@]1(O)CC[C@H]2[C@@H]3C[C@H](C)C4=CC(=O)C=C[C@]4(C)[C@H]3[C@@H](C)C[C@@]21C. The molecule has 29 heavy (non-hydrogen) atoms. The van der Waals surface area contributed by atoms with E-state index in [1.807, 2.05) is 6.08 Å². The van der Waals surface area contributed by atoms with E-state index in [4.69, 9.17) is 0 Å². The van der Waals surface area contributed by atoms with Crippen LogP contribution in [0.2, 0.25) is 0 Å². The summed E-state index contributed by atoms with van der Waals surface area (Å²) in [4.78, 5) is 25.1. The van der Waals surface area contributed by atoms with Crippen molar-refractivity contribution in [1.29, 1.82) is 0 Å². The van der Waals surface area contributed by atoms with Crippen molar-refractivity contribution >= 4 is 11.6 Å². The molecule has 0 aromatic rings. The smallest absolute Gasteiger partial charge is 0.178 e. The van der Waals surface area contributed by atoms with Gasteiger partial charge in [-0.15, -0.1) is 5.73 Å². The Balaban J connectivity index is 1.74. The molecule has 0 spiro atoms. The number of hydrogen-bond acceptors (Lipinski definition) is 3.